The Hall–Kier alpha value is -4.27. The van der Waals surface area contributed by atoms with E-state index in [0.29, 0.717) is 22.4 Å². The van der Waals surface area contributed by atoms with Crippen LogP contribution in [0, 0.1) is 12.7 Å². The molecule has 0 aliphatic carbocycles. The number of carbonyl (C=O) groups excluding carboxylic acids is 2. The number of aromatic nitrogens is 2. The van der Waals surface area contributed by atoms with Gasteiger partial charge in [-0.15, -0.1) is 0 Å². The van der Waals surface area contributed by atoms with Crippen molar-refractivity contribution in [3.05, 3.63) is 77.2 Å². The zero-order chi connectivity index (χ0) is 23.2. The average molecular weight is 446 g/mol. The molecule has 1 atom stereocenters. The number of hydrogen-bond acceptors (Lipinski definition) is 6. The van der Waals surface area contributed by atoms with Crippen LogP contribution in [0.15, 0.2) is 59.1 Å². The molecule has 4 aromatic rings. The van der Waals surface area contributed by atoms with Crippen molar-refractivity contribution in [2.24, 2.45) is 5.73 Å². The van der Waals surface area contributed by atoms with Crippen LogP contribution in [0.4, 0.5) is 4.39 Å². The standard InChI is InChI=1S/C24H19FN4O4/c1-13-20-15(12-18(27-22(20)33-29-13)14-6-2-4-8-17(14)25)21(30)28-24(23(26)31)10-11-32-19-9-5-3-7-16(19)24/h2-9,12H,10-11H2,1H3,(H2,26,31)(H,28,30). The lowest BCUT2D eigenvalue weighted by Crippen LogP contribution is -2.57. The number of ether oxygens (including phenoxy) is 1. The minimum absolute atomic E-state index is 0.0823. The van der Waals surface area contributed by atoms with Crippen molar-refractivity contribution < 1.29 is 23.2 Å². The molecule has 0 radical (unpaired) electrons. The molecule has 9 heteroatoms. The second-order valence-corrected chi connectivity index (χ2v) is 7.80. The van der Waals surface area contributed by atoms with E-state index >= 15 is 0 Å². The first-order valence-electron chi connectivity index (χ1n) is 10.3. The highest BCUT2D eigenvalue weighted by Gasteiger charge is 2.45. The van der Waals surface area contributed by atoms with Gasteiger partial charge in [0.05, 0.1) is 28.9 Å². The van der Waals surface area contributed by atoms with Crippen LogP contribution in [-0.2, 0) is 10.3 Å². The molecular formula is C24H19FN4O4. The van der Waals surface area contributed by atoms with Gasteiger partial charge in [0.2, 0.25) is 5.91 Å². The lowest BCUT2D eigenvalue weighted by atomic mass is 9.83. The van der Waals surface area contributed by atoms with Gasteiger partial charge in [-0.05, 0) is 31.2 Å². The Kier molecular flexibility index (Phi) is 4.81. The predicted octanol–water partition coefficient (Wildman–Crippen LogP) is 3.23. The number of primary amides is 1. The van der Waals surface area contributed by atoms with E-state index in [1.807, 2.05) is 0 Å². The van der Waals surface area contributed by atoms with Crippen LogP contribution in [0.2, 0.25) is 0 Å². The molecule has 0 bridgehead atoms. The lowest BCUT2D eigenvalue weighted by Gasteiger charge is -2.36. The smallest absolute Gasteiger partial charge is 0.259 e. The second kappa shape index (κ2) is 7.70. The van der Waals surface area contributed by atoms with E-state index in [9.17, 15) is 14.0 Å². The molecule has 5 rings (SSSR count). The van der Waals surface area contributed by atoms with Gasteiger partial charge in [0.15, 0.2) is 5.54 Å². The normalized spacial score (nSPS) is 17.3. The van der Waals surface area contributed by atoms with Gasteiger partial charge < -0.3 is 20.3 Å². The van der Waals surface area contributed by atoms with Gasteiger partial charge in [0.25, 0.3) is 11.6 Å². The summed E-state index contributed by atoms with van der Waals surface area (Å²) >= 11 is 0. The number of nitrogens with two attached hydrogens (primary N) is 1. The number of halogens is 1. The Morgan fingerprint density at radius 1 is 1.15 bits per heavy atom. The summed E-state index contributed by atoms with van der Waals surface area (Å²) < 4.78 is 25.4. The highest BCUT2D eigenvalue weighted by atomic mass is 19.1. The number of pyridine rings is 1. The molecule has 0 saturated heterocycles. The SMILES string of the molecule is Cc1noc2nc(-c3ccccc3F)cc(C(=O)NC3(C(N)=O)CCOc4ccccc43)c12. The summed E-state index contributed by atoms with van der Waals surface area (Å²) in [5.41, 5.74) is 5.85. The summed E-state index contributed by atoms with van der Waals surface area (Å²) in [6.07, 6.45) is 0.155. The number of aryl methyl sites for hydroxylation is 1. The third-order valence-corrected chi connectivity index (χ3v) is 5.84. The summed E-state index contributed by atoms with van der Waals surface area (Å²) in [5, 5.41) is 7.10. The highest BCUT2D eigenvalue weighted by molar-refractivity contribution is 6.09. The molecule has 1 unspecified atom stereocenters. The lowest BCUT2D eigenvalue weighted by molar-refractivity contribution is -0.125. The fraction of sp³-hybridized carbons (Fsp3) is 0.167. The van der Waals surface area contributed by atoms with Crippen molar-refractivity contribution >= 4 is 22.9 Å². The van der Waals surface area contributed by atoms with Crippen LogP contribution in [0.1, 0.15) is 28.0 Å². The maximum Gasteiger partial charge on any atom is 0.259 e. The van der Waals surface area contributed by atoms with Crippen molar-refractivity contribution in [3.8, 4) is 17.0 Å². The van der Waals surface area contributed by atoms with Gasteiger partial charge in [0, 0.05) is 17.5 Å². The van der Waals surface area contributed by atoms with E-state index in [1.54, 1.807) is 49.4 Å². The van der Waals surface area contributed by atoms with Crippen LogP contribution in [0.5, 0.6) is 5.75 Å². The third kappa shape index (κ3) is 3.29. The topological polar surface area (TPSA) is 120 Å². The molecule has 2 aromatic heterocycles. The Morgan fingerprint density at radius 3 is 2.70 bits per heavy atom. The molecule has 2 amide bonds. The van der Waals surface area contributed by atoms with Gasteiger partial charge in [-0.3, -0.25) is 9.59 Å². The molecule has 3 heterocycles. The van der Waals surface area contributed by atoms with E-state index in [2.05, 4.69) is 15.5 Å². The number of para-hydroxylation sites is 1. The van der Waals surface area contributed by atoms with Crippen molar-refractivity contribution in [1.82, 2.24) is 15.5 Å². The first-order chi connectivity index (χ1) is 15.9. The minimum atomic E-state index is -1.48. The monoisotopic (exact) mass is 446 g/mol. The van der Waals surface area contributed by atoms with E-state index in [4.69, 9.17) is 15.0 Å². The molecule has 2 aromatic carbocycles. The maximum atomic E-state index is 14.5. The number of nitrogens with zero attached hydrogens (tertiary/aromatic N) is 2. The average Bonchev–Trinajstić information content (AvgIpc) is 3.19. The Labute approximate surface area is 187 Å². The molecule has 0 spiro atoms. The van der Waals surface area contributed by atoms with Crippen molar-refractivity contribution in [1.29, 1.82) is 0 Å². The van der Waals surface area contributed by atoms with Crippen LogP contribution >= 0.6 is 0 Å². The van der Waals surface area contributed by atoms with Gasteiger partial charge in [-0.2, -0.15) is 0 Å². The van der Waals surface area contributed by atoms with E-state index in [1.165, 1.54) is 12.1 Å². The number of carbonyl (C=O) groups is 2. The number of rotatable bonds is 4. The zero-order valence-electron chi connectivity index (χ0n) is 17.6. The summed E-state index contributed by atoms with van der Waals surface area (Å²) in [5.74, 6) is -1.34. The Balaban J connectivity index is 1.65. The second-order valence-electron chi connectivity index (χ2n) is 7.80. The fourth-order valence-electron chi connectivity index (χ4n) is 4.18. The number of amides is 2. The van der Waals surface area contributed by atoms with Crippen molar-refractivity contribution in [3.63, 3.8) is 0 Å². The molecule has 1 aliphatic heterocycles. The summed E-state index contributed by atoms with van der Waals surface area (Å²) in [4.78, 5) is 30.6. The molecule has 8 nitrogen and oxygen atoms in total. The van der Waals surface area contributed by atoms with Crippen LogP contribution < -0.4 is 15.8 Å². The summed E-state index contributed by atoms with van der Waals surface area (Å²) in [6.45, 7) is 1.86. The largest absolute Gasteiger partial charge is 0.493 e. The summed E-state index contributed by atoms with van der Waals surface area (Å²) in [7, 11) is 0. The number of fused-ring (bicyclic) bond motifs is 2. The number of hydrogen-bond donors (Lipinski definition) is 2. The molecule has 33 heavy (non-hydrogen) atoms. The van der Waals surface area contributed by atoms with E-state index in [0.717, 1.165) is 0 Å². The van der Waals surface area contributed by atoms with Gasteiger partial charge in [-0.1, -0.05) is 35.5 Å². The fourth-order valence-corrected chi connectivity index (χ4v) is 4.18. The van der Waals surface area contributed by atoms with E-state index in [-0.39, 0.29) is 35.6 Å². The Bertz CT molecular complexity index is 1420. The molecule has 0 saturated carbocycles. The first-order valence-corrected chi connectivity index (χ1v) is 10.3. The molecule has 166 valence electrons. The summed E-state index contributed by atoms with van der Waals surface area (Å²) in [6, 6.07) is 14.4. The van der Waals surface area contributed by atoms with Crippen LogP contribution in [-0.4, -0.2) is 28.6 Å². The van der Waals surface area contributed by atoms with Crippen molar-refractivity contribution in [2.45, 2.75) is 18.9 Å². The zero-order valence-corrected chi connectivity index (χ0v) is 17.6. The van der Waals surface area contributed by atoms with Crippen LogP contribution in [0.25, 0.3) is 22.4 Å². The quantitative estimate of drug-likeness (QED) is 0.497. The van der Waals surface area contributed by atoms with Crippen LogP contribution in [0.3, 0.4) is 0 Å². The third-order valence-electron chi connectivity index (χ3n) is 5.84. The minimum Gasteiger partial charge on any atom is -0.493 e. The Morgan fingerprint density at radius 2 is 1.91 bits per heavy atom. The number of benzene rings is 2. The molecule has 3 N–H and O–H groups in total. The first kappa shape index (κ1) is 20.6. The molecular weight excluding hydrogens is 427 g/mol. The van der Waals surface area contributed by atoms with Gasteiger partial charge >= 0.3 is 0 Å². The molecule has 0 fully saturated rings. The van der Waals surface area contributed by atoms with Gasteiger partial charge in [-0.25, -0.2) is 9.37 Å². The molecule has 1 aliphatic rings. The number of nitrogens with one attached hydrogen (secondary N) is 1. The predicted molar refractivity (Wildman–Crippen MR) is 117 cm³/mol. The maximum absolute atomic E-state index is 14.5. The van der Waals surface area contributed by atoms with Crippen molar-refractivity contribution in [2.75, 3.05) is 6.61 Å². The highest BCUT2D eigenvalue weighted by Crippen LogP contribution is 2.37. The van der Waals surface area contributed by atoms with E-state index < -0.39 is 23.2 Å². The van der Waals surface area contributed by atoms with Gasteiger partial charge in [0.1, 0.15) is 11.6 Å².